The number of aliphatic hydroxyl groups is 1. The second-order valence-corrected chi connectivity index (χ2v) is 11.2. The first-order chi connectivity index (χ1) is 17.9. The maximum absolute atomic E-state index is 13.3. The lowest BCUT2D eigenvalue weighted by atomic mass is 9.84. The lowest BCUT2D eigenvalue weighted by molar-refractivity contribution is -0.139. The molecule has 0 radical (unpaired) electrons. The topological polar surface area (TPSA) is 98.7 Å². The molecule has 0 saturated heterocycles. The first-order valence-corrected chi connectivity index (χ1v) is 14.9. The van der Waals surface area contributed by atoms with E-state index in [-0.39, 0.29) is 18.6 Å². The molecule has 1 aliphatic carbocycles. The molecule has 1 saturated carbocycles. The molecule has 2 unspecified atom stereocenters. The van der Waals surface area contributed by atoms with Crippen molar-refractivity contribution in [3.05, 3.63) is 59.2 Å². The molecule has 0 spiro atoms. The Hall–Kier alpha value is -2.35. The highest BCUT2D eigenvalue weighted by Gasteiger charge is 2.23. The molecular weight excluding hydrogens is 484 g/mol. The molecular formula is C30H42N2O4S. The van der Waals surface area contributed by atoms with E-state index in [1.54, 1.807) is 11.8 Å². The fourth-order valence-corrected chi connectivity index (χ4v) is 5.74. The average Bonchev–Trinajstić information content (AvgIpc) is 2.90. The first kappa shape index (κ1) is 29.2. The van der Waals surface area contributed by atoms with E-state index in [4.69, 9.17) is 0 Å². The van der Waals surface area contributed by atoms with Crippen molar-refractivity contribution in [2.75, 3.05) is 18.6 Å². The molecule has 1 amide bonds. The third kappa shape index (κ3) is 8.87. The summed E-state index contributed by atoms with van der Waals surface area (Å²) in [5.74, 6) is -0.0162. The van der Waals surface area contributed by atoms with Crippen molar-refractivity contribution in [3.8, 4) is 11.1 Å². The zero-order valence-electron chi connectivity index (χ0n) is 22.2. The minimum absolute atomic E-state index is 0.166. The Bertz CT molecular complexity index is 1020. The van der Waals surface area contributed by atoms with Gasteiger partial charge in [-0.2, -0.15) is 11.8 Å². The number of aliphatic carboxylic acids is 1. The van der Waals surface area contributed by atoms with Crippen LogP contribution in [0.3, 0.4) is 0 Å². The lowest BCUT2D eigenvalue weighted by Crippen LogP contribution is -2.41. The van der Waals surface area contributed by atoms with Gasteiger partial charge in [0.05, 0.1) is 0 Å². The summed E-state index contributed by atoms with van der Waals surface area (Å²) in [7, 11) is 0. The molecule has 2 aromatic rings. The number of hydrogen-bond donors (Lipinski definition) is 4. The highest BCUT2D eigenvalue weighted by molar-refractivity contribution is 7.98. The standard InChI is InChI=1S/C30H42N2O4S/c1-21-8-6-7-11-25(21)27-19-23(20-31-24(14-16-33)18-22-9-4-3-5-10-22)12-13-26(27)29(34)32-28(30(35)36)15-17-37-2/h6-8,11-13,19,22,24,28,31,33H,3-5,9-10,14-18,20H2,1-2H3,(H,32,34)(H,35,36). The molecule has 6 nitrogen and oxygen atoms in total. The fraction of sp³-hybridized carbons (Fsp3) is 0.533. The van der Waals surface area contributed by atoms with Crippen molar-refractivity contribution in [3.63, 3.8) is 0 Å². The first-order valence-electron chi connectivity index (χ1n) is 13.5. The van der Waals surface area contributed by atoms with Crippen LogP contribution in [0, 0.1) is 12.8 Å². The molecule has 2 atom stereocenters. The van der Waals surface area contributed by atoms with Gasteiger partial charge in [0.1, 0.15) is 6.04 Å². The number of carbonyl (C=O) groups excluding carboxylic acids is 1. The Morgan fingerprint density at radius 2 is 1.81 bits per heavy atom. The van der Waals surface area contributed by atoms with E-state index in [1.165, 1.54) is 32.1 Å². The second-order valence-electron chi connectivity index (χ2n) is 10.2. The van der Waals surface area contributed by atoms with E-state index in [9.17, 15) is 19.8 Å². The van der Waals surface area contributed by atoms with Crippen LogP contribution in [0.25, 0.3) is 11.1 Å². The van der Waals surface area contributed by atoms with Crippen LogP contribution in [0.4, 0.5) is 0 Å². The Kier molecular flexibility index (Phi) is 12.0. The van der Waals surface area contributed by atoms with Crippen molar-refractivity contribution in [1.29, 1.82) is 0 Å². The van der Waals surface area contributed by atoms with E-state index in [1.807, 2.05) is 55.6 Å². The molecule has 1 fully saturated rings. The molecule has 0 aliphatic heterocycles. The van der Waals surface area contributed by atoms with Crippen molar-refractivity contribution < 1.29 is 19.8 Å². The van der Waals surface area contributed by atoms with Crippen LogP contribution in [0.5, 0.6) is 0 Å². The van der Waals surface area contributed by atoms with Crippen LogP contribution < -0.4 is 10.6 Å². The van der Waals surface area contributed by atoms with Crippen LogP contribution in [0.1, 0.15) is 72.9 Å². The van der Waals surface area contributed by atoms with Gasteiger partial charge in [-0.25, -0.2) is 4.79 Å². The Labute approximate surface area is 225 Å². The molecule has 0 heterocycles. The van der Waals surface area contributed by atoms with Gasteiger partial charge in [0.25, 0.3) is 5.91 Å². The Balaban J connectivity index is 1.82. The summed E-state index contributed by atoms with van der Waals surface area (Å²) in [6.07, 6.45) is 10.6. The summed E-state index contributed by atoms with van der Waals surface area (Å²) in [5, 5.41) is 25.6. The monoisotopic (exact) mass is 526 g/mol. The van der Waals surface area contributed by atoms with Crippen LogP contribution in [0.2, 0.25) is 0 Å². The smallest absolute Gasteiger partial charge is 0.326 e. The maximum atomic E-state index is 13.3. The van der Waals surface area contributed by atoms with Crippen LogP contribution in [0.15, 0.2) is 42.5 Å². The van der Waals surface area contributed by atoms with Gasteiger partial charge in [-0.1, -0.05) is 62.4 Å². The number of carboxylic acid groups (broad SMARTS) is 1. The van der Waals surface area contributed by atoms with Crippen LogP contribution in [-0.4, -0.2) is 52.8 Å². The second kappa shape index (κ2) is 15.2. The fourth-order valence-electron chi connectivity index (χ4n) is 5.27. The number of thioether (sulfide) groups is 1. The van der Waals surface area contributed by atoms with Crippen molar-refractivity contribution in [2.24, 2.45) is 5.92 Å². The highest BCUT2D eigenvalue weighted by Crippen LogP contribution is 2.30. The van der Waals surface area contributed by atoms with Gasteiger partial charge in [-0.15, -0.1) is 0 Å². The number of aryl methyl sites for hydroxylation is 1. The van der Waals surface area contributed by atoms with E-state index >= 15 is 0 Å². The number of rotatable bonds is 14. The number of carboxylic acids is 1. The van der Waals surface area contributed by atoms with Crippen molar-refractivity contribution in [1.82, 2.24) is 10.6 Å². The maximum Gasteiger partial charge on any atom is 0.326 e. The summed E-state index contributed by atoms with van der Waals surface area (Å²) in [6.45, 7) is 2.82. The highest BCUT2D eigenvalue weighted by atomic mass is 32.2. The summed E-state index contributed by atoms with van der Waals surface area (Å²) < 4.78 is 0. The summed E-state index contributed by atoms with van der Waals surface area (Å²) in [4.78, 5) is 25.0. The quantitative estimate of drug-likeness (QED) is 0.263. The molecule has 4 N–H and O–H groups in total. The van der Waals surface area contributed by atoms with Gasteiger partial charge < -0.3 is 20.8 Å². The zero-order valence-corrected chi connectivity index (χ0v) is 23.0. The minimum atomic E-state index is -1.02. The third-order valence-corrected chi connectivity index (χ3v) is 8.04. The molecule has 0 aromatic heterocycles. The number of nitrogens with one attached hydrogen (secondary N) is 2. The molecule has 1 aliphatic rings. The van der Waals surface area contributed by atoms with E-state index in [0.29, 0.717) is 24.3 Å². The van der Waals surface area contributed by atoms with Crippen LogP contribution in [-0.2, 0) is 11.3 Å². The van der Waals surface area contributed by atoms with Gasteiger partial charge in [-0.3, -0.25) is 4.79 Å². The predicted molar refractivity (Wildman–Crippen MR) is 152 cm³/mol. The molecule has 2 aromatic carbocycles. The molecule has 3 rings (SSSR count). The lowest BCUT2D eigenvalue weighted by Gasteiger charge is -2.27. The van der Waals surface area contributed by atoms with Gasteiger partial charge in [0, 0.05) is 24.8 Å². The van der Waals surface area contributed by atoms with Gasteiger partial charge in [0.2, 0.25) is 0 Å². The Morgan fingerprint density at radius 1 is 1.05 bits per heavy atom. The van der Waals surface area contributed by atoms with Gasteiger partial charge in [0.15, 0.2) is 0 Å². The molecule has 0 bridgehead atoms. The third-order valence-electron chi connectivity index (χ3n) is 7.39. The largest absolute Gasteiger partial charge is 0.480 e. The average molecular weight is 527 g/mol. The summed E-state index contributed by atoms with van der Waals surface area (Å²) in [6, 6.07) is 13.1. The molecule has 37 heavy (non-hydrogen) atoms. The molecule has 7 heteroatoms. The Morgan fingerprint density at radius 3 is 2.49 bits per heavy atom. The molecule has 202 valence electrons. The number of hydrogen-bond acceptors (Lipinski definition) is 5. The number of aliphatic hydroxyl groups excluding tert-OH is 1. The number of carbonyl (C=O) groups is 2. The van der Waals surface area contributed by atoms with E-state index < -0.39 is 12.0 Å². The summed E-state index contributed by atoms with van der Waals surface area (Å²) in [5.41, 5.74) is 4.34. The van der Waals surface area contributed by atoms with Gasteiger partial charge >= 0.3 is 5.97 Å². The predicted octanol–water partition coefficient (Wildman–Crippen LogP) is 5.41. The van der Waals surface area contributed by atoms with Crippen molar-refractivity contribution >= 4 is 23.6 Å². The number of amides is 1. The normalized spacial score (nSPS) is 15.8. The number of benzene rings is 2. The summed E-state index contributed by atoms with van der Waals surface area (Å²) >= 11 is 1.56. The zero-order chi connectivity index (χ0) is 26.6. The SMILES string of the molecule is CSCCC(NC(=O)c1ccc(CNC(CCO)CC2CCCCC2)cc1-c1ccccc1C)C(=O)O. The van der Waals surface area contributed by atoms with Gasteiger partial charge in [-0.05, 0) is 78.5 Å². The van der Waals surface area contributed by atoms with E-state index in [2.05, 4.69) is 10.6 Å². The van der Waals surface area contributed by atoms with Crippen molar-refractivity contribution in [2.45, 2.75) is 76.9 Å². The van der Waals surface area contributed by atoms with E-state index in [0.717, 1.165) is 41.0 Å². The minimum Gasteiger partial charge on any atom is -0.480 e. The van der Waals surface area contributed by atoms with Crippen LogP contribution >= 0.6 is 11.8 Å².